The van der Waals surface area contributed by atoms with Crippen LogP contribution in [0.15, 0.2) is 0 Å². The zero-order valence-electron chi connectivity index (χ0n) is 16.0. The van der Waals surface area contributed by atoms with Crippen molar-refractivity contribution in [2.75, 3.05) is 65.6 Å². The summed E-state index contributed by atoms with van der Waals surface area (Å²) in [6.45, 7) is 9.14. The minimum absolute atomic E-state index is 0.278. The number of carbonyl (C=O) groups excluding carboxylic acids is 1. The second kappa shape index (κ2) is 10.4. The van der Waals surface area contributed by atoms with Crippen molar-refractivity contribution < 1.29 is 9.53 Å². The number of hydrogen-bond donors (Lipinski definition) is 1. The number of morpholine rings is 1. The molecule has 2 saturated heterocycles. The number of rotatable bonds is 5. The van der Waals surface area contributed by atoms with E-state index < -0.39 is 0 Å². The Morgan fingerprint density at radius 1 is 0.962 bits per heavy atom. The van der Waals surface area contributed by atoms with Crippen molar-refractivity contribution in [1.29, 1.82) is 0 Å². The Labute approximate surface area is 163 Å². The van der Waals surface area contributed by atoms with Crippen LogP contribution in [-0.2, 0) is 9.53 Å². The van der Waals surface area contributed by atoms with E-state index in [0.717, 1.165) is 89.9 Å². The van der Waals surface area contributed by atoms with Crippen molar-refractivity contribution in [3.63, 3.8) is 0 Å². The molecule has 1 aliphatic carbocycles. The Bertz CT molecular complexity index is 456. The average Bonchev–Trinajstić information content (AvgIpc) is 2.72. The zero-order valence-corrected chi connectivity index (χ0v) is 16.8. The van der Waals surface area contributed by atoms with Crippen LogP contribution in [0, 0.1) is 5.92 Å². The lowest BCUT2D eigenvalue weighted by atomic mass is 9.88. The highest BCUT2D eigenvalue weighted by Gasteiger charge is 2.28. The molecule has 1 N–H and O–H groups in total. The third kappa shape index (κ3) is 5.79. The van der Waals surface area contributed by atoms with Gasteiger partial charge in [0.05, 0.1) is 13.2 Å². The first kappa shape index (κ1) is 19.8. The second-order valence-electron chi connectivity index (χ2n) is 7.69. The number of amides is 1. The topological polar surface area (TPSA) is 48.1 Å². The fraction of sp³-hybridized carbons (Fsp3) is 0.895. The Morgan fingerprint density at radius 2 is 1.62 bits per heavy atom. The second-order valence-corrected chi connectivity index (χ2v) is 8.07. The summed E-state index contributed by atoms with van der Waals surface area (Å²) in [4.78, 5) is 19.4. The summed E-state index contributed by atoms with van der Waals surface area (Å²) in [6.07, 6.45) is 7.00. The molecule has 7 heteroatoms. The minimum Gasteiger partial charge on any atom is -0.379 e. The van der Waals surface area contributed by atoms with Gasteiger partial charge in [0.15, 0.2) is 5.11 Å². The molecule has 3 aliphatic rings. The summed E-state index contributed by atoms with van der Waals surface area (Å²) >= 11 is 5.55. The highest BCUT2D eigenvalue weighted by molar-refractivity contribution is 7.80. The van der Waals surface area contributed by atoms with Gasteiger partial charge in [-0.1, -0.05) is 19.3 Å². The van der Waals surface area contributed by atoms with Crippen molar-refractivity contribution in [2.45, 2.75) is 38.5 Å². The molecular weight excluding hydrogens is 348 g/mol. The SMILES string of the molecule is O=C(C1CCCCC1)N1CCN(C(=S)NCCCN2CCOCC2)CC1. The Kier molecular flexibility index (Phi) is 7.95. The lowest BCUT2D eigenvalue weighted by Gasteiger charge is -2.38. The van der Waals surface area contributed by atoms with Gasteiger partial charge in [-0.25, -0.2) is 0 Å². The van der Waals surface area contributed by atoms with Gasteiger partial charge in [0.2, 0.25) is 5.91 Å². The number of nitrogens with zero attached hydrogens (tertiary/aromatic N) is 3. The third-order valence-electron chi connectivity index (χ3n) is 5.86. The maximum Gasteiger partial charge on any atom is 0.225 e. The largest absolute Gasteiger partial charge is 0.379 e. The standard InChI is InChI=1S/C19H34N4O2S/c24-18(17-5-2-1-3-6-17)22-9-11-23(12-10-22)19(26)20-7-4-8-21-13-15-25-16-14-21/h17H,1-16H2,(H,20,26). The molecule has 148 valence electrons. The summed E-state index contributed by atoms with van der Waals surface area (Å²) in [5.74, 6) is 0.661. The molecule has 1 saturated carbocycles. The maximum atomic E-state index is 12.6. The number of ether oxygens (including phenoxy) is 1. The van der Waals surface area contributed by atoms with Crippen LogP contribution in [0.25, 0.3) is 0 Å². The van der Waals surface area contributed by atoms with Crippen molar-refractivity contribution in [3.05, 3.63) is 0 Å². The van der Waals surface area contributed by atoms with E-state index in [1.54, 1.807) is 0 Å². The first-order valence-corrected chi connectivity index (χ1v) is 10.8. The van der Waals surface area contributed by atoms with Gasteiger partial charge in [0.25, 0.3) is 0 Å². The number of thiocarbonyl (C=S) groups is 1. The van der Waals surface area contributed by atoms with E-state index in [0.29, 0.717) is 5.91 Å². The fourth-order valence-corrected chi connectivity index (χ4v) is 4.46. The summed E-state index contributed by atoms with van der Waals surface area (Å²) in [7, 11) is 0. The average molecular weight is 383 g/mol. The zero-order chi connectivity index (χ0) is 18.2. The molecule has 0 radical (unpaired) electrons. The van der Waals surface area contributed by atoms with E-state index in [2.05, 4.69) is 20.0 Å². The smallest absolute Gasteiger partial charge is 0.225 e. The van der Waals surface area contributed by atoms with Crippen LogP contribution in [-0.4, -0.2) is 91.3 Å². The number of hydrogen-bond acceptors (Lipinski definition) is 4. The van der Waals surface area contributed by atoms with Gasteiger partial charge in [0.1, 0.15) is 0 Å². The minimum atomic E-state index is 0.278. The monoisotopic (exact) mass is 382 g/mol. The van der Waals surface area contributed by atoms with E-state index >= 15 is 0 Å². The molecule has 0 aromatic rings. The fourth-order valence-electron chi connectivity index (χ4n) is 4.17. The summed E-state index contributed by atoms with van der Waals surface area (Å²) in [5.41, 5.74) is 0. The first-order valence-electron chi connectivity index (χ1n) is 10.4. The van der Waals surface area contributed by atoms with Crippen LogP contribution in [0.5, 0.6) is 0 Å². The van der Waals surface area contributed by atoms with Gasteiger partial charge >= 0.3 is 0 Å². The van der Waals surface area contributed by atoms with Crippen LogP contribution in [0.4, 0.5) is 0 Å². The molecule has 2 heterocycles. The van der Waals surface area contributed by atoms with Crippen LogP contribution < -0.4 is 5.32 Å². The molecule has 3 fully saturated rings. The van der Waals surface area contributed by atoms with Crippen LogP contribution in [0.1, 0.15) is 38.5 Å². The van der Waals surface area contributed by atoms with Crippen LogP contribution in [0.3, 0.4) is 0 Å². The molecule has 0 unspecified atom stereocenters. The molecule has 0 aromatic heterocycles. The molecule has 0 atom stereocenters. The van der Waals surface area contributed by atoms with Gasteiger partial charge in [-0.2, -0.15) is 0 Å². The Balaban J connectivity index is 1.29. The Hall–Kier alpha value is -0.920. The summed E-state index contributed by atoms with van der Waals surface area (Å²) in [6, 6.07) is 0. The summed E-state index contributed by atoms with van der Waals surface area (Å²) < 4.78 is 5.37. The van der Waals surface area contributed by atoms with Gasteiger partial charge in [-0.3, -0.25) is 9.69 Å². The number of piperazine rings is 1. The van der Waals surface area contributed by atoms with E-state index in [1.807, 2.05) is 0 Å². The van der Waals surface area contributed by atoms with Crippen molar-refractivity contribution in [1.82, 2.24) is 20.0 Å². The van der Waals surface area contributed by atoms with E-state index in [9.17, 15) is 4.79 Å². The Morgan fingerprint density at radius 3 is 2.31 bits per heavy atom. The van der Waals surface area contributed by atoms with Crippen LogP contribution >= 0.6 is 12.2 Å². The lowest BCUT2D eigenvalue weighted by Crippen LogP contribution is -2.54. The predicted molar refractivity (Wildman–Crippen MR) is 107 cm³/mol. The van der Waals surface area contributed by atoms with Crippen molar-refractivity contribution >= 4 is 23.2 Å². The molecule has 6 nitrogen and oxygen atoms in total. The van der Waals surface area contributed by atoms with Crippen LogP contribution in [0.2, 0.25) is 0 Å². The van der Waals surface area contributed by atoms with Gasteiger partial charge in [-0.05, 0) is 38.0 Å². The number of carbonyl (C=O) groups is 1. The first-order chi connectivity index (χ1) is 12.7. The van der Waals surface area contributed by atoms with E-state index in [1.165, 1.54) is 19.3 Å². The van der Waals surface area contributed by atoms with Crippen molar-refractivity contribution in [3.8, 4) is 0 Å². The third-order valence-corrected chi connectivity index (χ3v) is 6.27. The lowest BCUT2D eigenvalue weighted by molar-refractivity contribution is -0.137. The predicted octanol–water partition coefficient (Wildman–Crippen LogP) is 1.31. The quantitative estimate of drug-likeness (QED) is 0.571. The highest BCUT2D eigenvalue weighted by Crippen LogP contribution is 2.25. The molecule has 0 spiro atoms. The molecule has 2 aliphatic heterocycles. The molecule has 3 rings (SSSR count). The van der Waals surface area contributed by atoms with Gasteiger partial charge < -0.3 is 19.9 Å². The van der Waals surface area contributed by atoms with Gasteiger partial charge in [0, 0.05) is 51.7 Å². The maximum absolute atomic E-state index is 12.6. The molecule has 0 aromatic carbocycles. The highest BCUT2D eigenvalue weighted by atomic mass is 32.1. The molecule has 1 amide bonds. The van der Waals surface area contributed by atoms with Gasteiger partial charge in [-0.15, -0.1) is 0 Å². The normalized spacial score (nSPS) is 23.1. The van der Waals surface area contributed by atoms with E-state index in [-0.39, 0.29) is 5.92 Å². The molecule has 0 bridgehead atoms. The van der Waals surface area contributed by atoms with Crippen molar-refractivity contribution in [2.24, 2.45) is 5.92 Å². The molecule has 26 heavy (non-hydrogen) atoms. The molecular formula is C19H34N4O2S. The van der Waals surface area contributed by atoms with E-state index in [4.69, 9.17) is 17.0 Å². The summed E-state index contributed by atoms with van der Waals surface area (Å²) in [5, 5.41) is 4.24. The number of nitrogens with one attached hydrogen (secondary N) is 1.